The summed E-state index contributed by atoms with van der Waals surface area (Å²) in [5, 5.41) is 4.03. The standard InChI is InChI=1S/C25H29ClN4O2S/c26-18-6-11-23-22(16-18)28-25(32-23)33-17-24(31)27-19-7-9-21(10-8-19)30-14-12-29(13-15-30)20-4-2-1-3-5-20/h6-11,16,20H,1-5,12-15,17H2,(H,27,31). The maximum atomic E-state index is 12.4. The zero-order chi connectivity index (χ0) is 22.6. The van der Waals surface area contributed by atoms with Gasteiger partial charge in [-0.3, -0.25) is 9.69 Å². The molecule has 0 radical (unpaired) electrons. The Bertz CT molecular complexity index is 1090. The summed E-state index contributed by atoms with van der Waals surface area (Å²) in [5.74, 6) is 0.139. The molecule has 3 aromatic rings. The van der Waals surface area contributed by atoms with Crippen molar-refractivity contribution in [3.63, 3.8) is 0 Å². The molecule has 1 amide bonds. The lowest BCUT2D eigenvalue weighted by molar-refractivity contribution is -0.113. The Hall–Kier alpha value is -2.22. The highest BCUT2D eigenvalue weighted by atomic mass is 35.5. The average molecular weight is 485 g/mol. The van der Waals surface area contributed by atoms with E-state index in [1.54, 1.807) is 18.2 Å². The topological polar surface area (TPSA) is 61.6 Å². The molecule has 0 unspecified atom stereocenters. The number of anilines is 2. The molecule has 0 spiro atoms. The molecule has 174 valence electrons. The van der Waals surface area contributed by atoms with E-state index in [0.29, 0.717) is 21.3 Å². The van der Waals surface area contributed by atoms with Crippen LogP contribution < -0.4 is 10.2 Å². The number of fused-ring (bicyclic) bond motifs is 1. The number of thioether (sulfide) groups is 1. The number of hydrogen-bond acceptors (Lipinski definition) is 6. The Morgan fingerprint density at radius 3 is 2.58 bits per heavy atom. The van der Waals surface area contributed by atoms with Gasteiger partial charge >= 0.3 is 0 Å². The first-order valence-corrected chi connectivity index (χ1v) is 13.1. The molecule has 1 saturated heterocycles. The summed E-state index contributed by atoms with van der Waals surface area (Å²) in [6, 6.07) is 14.3. The van der Waals surface area contributed by atoms with Crippen LogP contribution in [0.3, 0.4) is 0 Å². The molecule has 6 nitrogen and oxygen atoms in total. The average Bonchev–Trinajstić information content (AvgIpc) is 3.26. The molecule has 1 aliphatic carbocycles. The van der Waals surface area contributed by atoms with Gasteiger partial charge in [0, 0.05) is 48.6 Å². The summed E-state index contributed by atoms with van der Waals surface area (Å²) in [4.78, 5) is 21.9. The fourth-order valence-electron chi connectivity index (χ4n) is 4.81. The lowest BCUT2D eigenvalue weighted by Gasteiger charge is -2.41. The van der Waals surface area contributed by atoms with Gasteiger partial charge in [-0.2, -0.15) is 0 Å². The molecule has 1 aromatic heterocycles. The quantitative estimate of drug-likeness (QED) is 0.455. The van der Waals surface area contributed by atoms with E-state index in [0.717, 1.165) is 37.9 Å². The minimum atomic E-state index is -0.0888. The summed E-state index contributed by atoms with van der Waals surface area (Å²) in [7, 11) is 0. The van der Waals surface area contributed by atoms with Crippen molar-refractivity contribution in [3.8, 4) is 0 Å². The number of nitrogens with one attached hydrogen (secondary N) is 1. The molecular weight excluding hydrogens is 456 g/mol. The van der Waals surface area contributed by atoms with E-state index in [-0.39, 0.29) is 11.7 Å². The van der Waals surface area contributed by atoms with E-state index >= 15 is 0 Å². The van der Waals surface area contributed by atoms with Crippen LogP contribution in [0.5, 0.6) is 0 Å². The Morgan fingerprint density at radius 2 is 1.82 bits per heavy atom. The summed E-state index contributed by atoms with van der Waals surface area (Å²) in [5.41, 5.74) is 3.38. The minimum Gasteiger partial charge on any atom is -0.431 e. The van der Waals surface area contributed by atoms with E-state index in [9.17, 15) is 4.79 Å². The molecule has 33 heavy (non-hydrogen) atoms. The molecule has 2 heterocycles. The van der Waals surface area contributed by atoms with Crippen LogP contribution in [0.4, 0.5) is 11.4 Å². The molecule has 2 aromatic carbocycles. The summed E-state index contributed by atoms with van der Waals surface area (Å²) in [6.45, 7) is 4.41. The number of amides is 1. The number of carbonyl (C=O) groups is 1. The molecule has 0 bridgehead atoms. The monoisotopic (exact) mass is 484 g/mol. The maximum absolute atomic E-state index is 12.4. The highest BCUT2D eigenvalue weighted by Crippen LogP contribution is 2.27. The van der Waals surface area contributed by atoms with Crippen LogP contribution in [-0.4, -0.2) is 53.8 Å². The normalized spacial score (nSPS) is 18.0. The number of oxazole rings is 1. The molecule has 1 N–H and O–H groups in total. The van der Waals surface area contributed by atoms with Crippen LogP contribution in [-0.2, 0) is 4.79 Å². The second-order valence-corrected chi connectivity index (χ2v) is 10.2. The number of aromatic nitrogens is 1. The van der Waals surface area contributed by atoms with Crippen LogP contribution in [0.1, 0.15) is 32.1 Å². The number of rotatable bonds is 6. The van der Waals surface area contributed by atoms with Gasteiger partial charge in [0.1, 0.15) is 5.52 Å². The number of carbonyl (C=O) groups excluding carboxylic acids is 1. The van der Waals surface area contributed by atoms with Crippen molar-refractivity contribution < 1.29 is 9.21 Å². The number of hydrogen-bond donors (Lipinski definition) is 1. The lowest BCUT2D eigenvalue weighted by atomic mass is 9.94. The zero-order valence-corrected chi connectivity index (χ0v) is 20.2. The first-order valence-electron chi connectivity index (χ1n) is 11.7. The van der Waals surface area contributed by atoms with Gasteiger partial charge in [-0.1, -0.05) is 42.6 Å². The molecule has 2 aliphatic rings. The van der Waals surface area contributed by atoms with E-state index in [2.05, 4.69) is 32.2 Å². The van der Waals surface area contributed by atoms with Crippen molar-refractivity contribution in [2.24, 2.45) is 0 Å². The third-order valence-corrected chi connectivity index (χ3v) is 7.64. The third kappa shape index (κ3) is 5.65. The van der Waals surface area contributed by atoms with E-state index in [1.165, 1.54) is 49.6 Å². The minimum absolute atomic E-state index is 0.0888. The van der Waals surface area contributed by atoms with E-state index < -0.39 is 0 Å². The van der Waals surface area contributed by atoms with Crippen molar-refractivity contribution in [3.05, 3.63) is 47.5 Å². The van der Waals surface area contributed by atoms with E-state index in [4.69, 9.17) is 16.0 Å². The van der Waals surface area contributed by atoms with Gasteiger partial charge in [0.15, 0.2) is 5.58 Å². The van der Waals surface area contributed by atoms with E-state index in [1.807, 2.05) is 12.1 Å². The number of benzene rings is 2. The van der Waals surface area contributed by atoms with Crippen molar-refractivity contribution >= 4 is 51.7 Å². The first kappa shape index (κ1) is 22.6. The fraction of sp³-hybridized carbons (Fsp3) is 0.440. The molecule has 1 saturated carbocycles. The summed E-state index contributed by atoms with van der Waals surface area (Å²) < 4.78 is 5.66. The maximum Gasteiger partial charge on any atom is 0.257 e. The summed E-state index contributed by atoms with van der Waals surface area (Å²) >= 11 is 7.26. The van der Waals surface area contributed by atoms with Crippen LogP contribution in [0.25, 0.3) is 11.1 Å². The van der Waals surface area contributed by atoms with Gasteiger partial charge in [0.2, 0.25) is 5.91 Å². The lowest BCUT2D eigenvalue weighted by Crippen LogP contribution is -2.50. The van der Waals surface area contributed by atoms with Gasteiger partial charge in [-0.25, -0.2) is 4.98 Å². The van der Waals surface area contributed by atoms with Crippen LogP contribution >= 0.6 is 23.4 Å². The Labute approximate surface area is 203 Å². The predicted octanol–water partition coefficient (Wildman–Crippen LogP) is 5.67. The highest BCUT2D eigenvalue weighted by Gasteiger charge is 2.25. The Morgan fingerprint density at radius 1 is 1.06 bits per heavy atom. The van der Waals surface area contributed by atoms with Crippen molar-refractivity contribution in [1.29, 1.82) is 0 Å². The van der Waals surface area contributed by atoms with Gasteiger partial charge < -0.3 is 14.6 Å². The second kappa shape index (κ2) is 10.4. The van der Waals surface area contributed by atoms with Gasteiger partial charge in [-0.15, -0.1) is 0 Å². The smallest absolute Gasteiger partial charge is 0.257 e. The second-order valence-electron chi connectivity index (χ2n) is 8.79. The van der Waals surface area contributed by atoms with Crippen LogP contribution in [0, 0.1) is 0 Å². The largest absolute Gasteiger partial charge is 0.431 e. The Balaban J connectivity index is 1.09. The molecule has 1 aliphatic heterocycles. The first-order chi connectivity index (χ1) is 16.1. The van der Waals surface area contributed by atoms with Gasteiger partial charge in [-0.05, 0) is 55.3 Å². The molecule has 0 atom stereocenters. The number of nitrogens with zero attached hydrogens (tertiary/aromatic N) is 3. The molecule has 8 heteroatoms. The Kier molecular flexibility index (Phi) is 7.09. The molecule has 5 rings (SSSR count). The number of piperazine rings is 1. The van der Waals surface area contributed by atoms with Crippen LogP contribution in [0.15, 0.2) is 52.1 Å². The molecular formula is C25H29ClN4O2S. The summed E-state index contributed by atoms with van der Waals surface area (Å²) in [6.07, 6.45) is 6.92. The van der Waals surface area contributed by atoms with Gasteiger partial charge in [0.05, 0.1) is 5.75 Å². The van der Waals surface area contributed by atoms with Crippen molar-refractivity contribution in [1.82, 2.24) is 9.88 Å². The fourth-order valence-corrected chi connectivity index (χ4v) is 5.62. The third-order valence-electron chi connectivity index (χ3n) is 6.58. The van der Waals surface area contributed by atoms with Gasteiger partial charge in [0.25, 0.3) is 5.22 Å². The highest BCUT2D eigenvalue weighted by molar-refractivity contribution is 7.99. The van der Waals surface area contributed by atoms with Crippen molar-refractivity contribution in [2.75, 3.05) is 42.1 Å². The zero-order valence-electron chi connectivity index (χ0n) is 18.6. The predicted molar refractivity (Wildman–Crippen MR) is 135 cm³/mol. The van der Waals surface area contributed by atoms with Crippen LogP contribution in [0.2, 0.25) is 5.02 Å². The number of halogens is 1. The molecule has 2 fully saturated rings. The van der Waals surface area contributed by atoms with Crippen molar-refractivity contribution in [2.45, 2.75) is 43.4 Å². The SMILES string of the molecule is O=C(CSc1nc2cc(Cl)ccc2o1)Nc1ccc(N2CCN(C3CCCCC3)CC2)cc1.